The molecule has 4 heteroatoms. The van der Waals surface area contributed by atoms with E-state index in [1.54, 1.807) is 0 Å². The number of hydrogen-bond donors (Lipinski definition) is 1. The number of alkyl halides is 2. The smallest absolute Gasteiger partial charge is 0.270 e. The Hall–Kier alpha value is -1.03. The third-order valence-electron chi connectivity index (χ3n) is 3.05. The van der Waals surface area contributed by atoms with Gasteiger partial charge in [-0.3, -0.25) is 0 Å². The second kappa shape index (κ2) is 3.23. The fourth-order valence-corrected chi connectivity index (χ4v) is 1.96. The molecule has 1 saturated heterocycles. The van der Waals surface area contributed by atoms with E-state index < -0.39 is 17.3 Å². The summed E-state index contributed by atoms with van der Waals surface area (Å²) in [7, 11) is 0. The summed E-state index contributed by atoms with van der Waals surface area (Å²) in [5.41, 5.74) is -1.15. The summed E-state index contributed by atoms with van der Waals surface area (Å²) in [4.78, 5) is 0. The van der Waals surface area contributed by atoms with Crippen molar-refractivity contribution in [1.82, 2.24) is 5.32 Å². The van der Waals surface area contributed by atoms with Crippen molar-refractivity contribution >= 4 is 0 Å². The number of benzene rings is 1. The van der Waals surface area contributed by atoms with Crippen LogP contribution < -0.4 is 5.32 Å². The molecule has 1 aromatic rings. The van der Waals surface area contributed by atoms with Gasteiger partial charge in [0.15, 0.2) is 0 Å². The van der Waals surface area contributed by atoms with Gasteiger partial charge in [0.1, 0.15) is 11.4 Å². The highest BCUT2D eigenvalue weighted by Gasteiger charge is 2.54. The first-order valence-corrected chi connectivity index (χ1v) is 4.85. The molecule has 15 heavy (non-hydrogen) atoms. The first-order chi connectivity index (χ1) is 6.96. The topological polar surface area (TPSA) is 12.0 Å². The fraction of sp³-hybridized carbons (Fsp3) is 0.455. The predicted molar refractivity (Wildman–Crippen MR) is 51.3 cm³/mol. The molecular weight excluding hydrogens is 203 g/mol. The minimum absolute atomic E-state index is 0.208. The number of nitrogens with one attached hydrogen (secondary N) is 1. The summed E-state index contributed by atoms with van der Waals surface area (Å²) in [6.07, 6.45) is -0.208. The Morgan fingerprint density at radius 2 is 2.07 bits per heavy atom. The van der Waals surface area contributed by atoms with Crippen LogP contribution in [0.4, 0.5) is 13.2 Å². The van der Waals surface area contributed by atoms with Gasteiger partial charge in [0, 0.05) is 13.0 Å². The second-order valence-electron chi connectivity index (χ2n) is 4.02. The maximum Gasteiger partial charge on any atom is 0.270 e. The van der Waals surface area contributed by atoms with E-state index in [0.717, 1.165) is 6.07 Å². The predicted octanol–water partition coefficient (Wildman–Crippen LogP) is 2.67. The molecule has 0 amide bonds. The Kier molecular flexibility index (Phi) is 2.26. The largest absolute Gasteiger partial charge is 0.302 e. The van der Waals surface area contributed by atoms with Gasteiger partial charge < -0.3 is 5.32 Å². The van der Waals surface area contributed by atoms with Gasteiger partial charge in [0.25, 0.3) is 5.92 Å². The highest BCUT2D eigenvalue weighted by atomic mass is 19.3. The zero-order valence-electron chi connectivity index (χ0n) is 8.36. The highest BCUT2D eigenvalue weighted by Crippen LogP contribution is 2.43. The molecule has 82 valence electrons. The Labute approximate surface area is 86.3 Å². The van der Waals surface area contributed by atoms with E-state index in [0.29, 0.717) is 5.56 Å². The molecular formula is C11H12F3N. The van der Waals surface area contributed by atoms with E-state index in [1.807, 2.05) is 0 Å². The van der Waals surface area contributed by atoms with Gasteiger partial charge in [-0.1, -0.05) is 12.1 Å². The first-order valence-electron chi connectivity index (χ1n) is 4.85. The lowest BCUT2D eigenvalue weighted by atomic mass is 9.87. The summed E-state index contributed by atoms with van der Waals surface area (Å²) in [5.74, 6) is -3.32. The van der Waals surface area contributed by atoms with Gasteiger partial charge in [0.2, 0.25) is 0 Å². The maximum absolute atomic E-state index is 13.6. The fourth-order valence-electron chi connectivity index (χ4n) is 1.96. The Morgan fingerprint density at radius 1 is 1.33 bits per heavy atom. The summed E-state index contributed by atoms with van der Waals surface area (Å²) in [6.45, 7) is 1.66. The van der Waals surface area contributed by atoms with E-state index in [9.17, 15) is 13.2 Å². The molecule has 0 saturated carbocycles. The zero-order valence-corrected chi connectivity index (χ0v) is 8.36. The summed E-state index contributed by atoms with van der Waals surface area (Å²) in [5, 5.41) is 2.75. The van der Waals surface area contributed by atoms with Gasteiger partial charge in [-0.15, -0.1) is 0 Å². The third-order valence-corrected chi connectivity index (χ3v) is 3.05. The van der Waals surface area contributed by atoms with Crippen molar-refractivity contribution < 1.29 is 13.2 Å². The van der Waals surface area contributed by atoms with E-state index >= 15 is 0 Å². The number of hydrogen-bond acceptors (Lipinski definition) is 1. The van der Waals surface area contributed by atoms with Gasteiger partial charge >= 0.3 is 0 Å². The van der Waals surface area contributed by atoms with E-state index in [1.165, 1.54) is 25.1 Å². The van der Waals surface area contributed by atoms with Crippen LogP contribution in [-0.2, 0) is 5.54 Å². The first kappa shape index (κ1) is 10.5. The van der Waals surface area contributed by atoms with Crippen LogP contribution in [0.15, 0.2) is 24.3 Å². The van der Waals surface area contributed by atoms with Crippen molar-refractivity contribution in [3.63, 3.8) is 0 Å². The molecule has 1 N–H and O–H groups in total. The van der Waals surface area contributed by atoms with Crippen LogP contribution in [-0.4, -0.2) is 12.5 Å². The Morgan fingerprint density at radius 3 is 2.60 bits per heavy atom. The lowest BCUT2D eigenvalue weighted by Gasteiger charge is -2.31. The molecule has 0 aromatic heterocycles. The standard InChI is InChI=1S/C11H12F3N/c1-10(11(13,14)5-6-15-10)8-3-2-4-9(12)7-8/h2-4,7,15H,5-6H2,1H3. The summed E-state index contributed by atoms with van der Waals surface area (Å²) < 4.78 is 40.2. The molecule has 0 spiro atoms. The number of rotatable bonds is 1. The van der Waals surface area contributed by atoms with Crippen LogP contribution in [0.3, 0.4) is 0 Å². The van der Waals surface area contributed by atoms with Crippen LogP contribution in [0.1, 0.15) is 18.9 Å². The Balaban J connectivity index is 2.45. The summed E-state index contributed by atoms with van der Waals surface area (Å²) in [6, 6.07) is 5.38. The maximum atomic E-state index is 13.6. The third kappa shape index (κ3) is 1.53. The van der Waals surface area contributed by atoms with Crippen LogP contribution in [0.5, 0.6) is 0 Å². The van der Waals surface area contributed by atoms with Crippen molar-refractivity contribution in [3.05, 3.63) is 35.6 Å². The van der Waals surface area contributed by atoms with Crippen molar-refractivity contribution in [3.8, 4) is 0 Å². The van der Waals surface area contributed by atoms with E-state index in [-0.39, 0.29) is 13.0 Å². The quantitative estimate of drug-likeness (QED) is 0.759. The summed E-state index contributed by atoms with van der Waals surface area (Å²) >= 11 is 0. The van der Waals surface area contributed by atoms with Crippen LogP contribution in [0.2, 0.25) is 0 Å². The molecule has 0 aliphatic carbocycles. The van der Waals surface area contributed by atoms with E-state index in [4.69, 9.17) is 0 Å². The molecule has 1 heterocycles. The molecule has 1 unspecified atom stereocenters. The van der Waals surface area contributed by atoms with Crippen molar-refractivity contribution in [2.24, 2.45) is 0 Å². The monoisotopic (exact) mass is 215 g/mol. The molecule has 1 atom stereocenters. The van der Waals surface area contributed by atoms with E-state index in [2.05, 4.69) is 5.32 Å². The average molecular weight is 215 g/mol. The molecule has 0 bridgehead atoms. The lowest BCUT2D eigenvalue weighted by molar-refractivity contribution is -0.0560. The molecule has 2 rings (SSSR count). The van der Waals surface area contributed by atoms with Crippen molar-refractivity contribution in [2.45, 2.75) is 24.8 Å². The second-order valence-corrected chi connectivity index (χ2v) is 4.02. The molecule has 1 aliphatic rings. The van der Waals surface area contributed by atoms with Crippen LogP contribution in [0.25, 0.3) is 0 Å². The number of halogens is 3. The van der Waals surface area contributed by atoms with Crippen LogP contribution >= 0.6 is 0 Å². The molecule has 1 aromatic carbocycles. The minimum atomic E-state index is -2.83. The molecule has 1 fully saturated rings. The highest BCUT2D eigenvalue weighted by molar-refractivity contribution is 5.29. The Bertz CT molecular complexity index is 378. The molecule has 1 aliphatic heterocycles. The SMILES string of the molecule is CC1(c2cccc(F)c2)NCCC1(F)F. The van der Waals surface area contributed by atoms with Crippen molar-refractivity contribution in [2.75, 3.05) is 6.54 Å². The average Bonchev–Trinajstić information content (AvgIpc) is 2.43. The van der Waals surface area contributed by atoms with Gasteiger partial charge in [-0.05, 0) is 24.6 Å². The van der Waals surface area contributed by atoms with Gasteiger partial charge in [-0.25, -0.2) is 13.2 Å². The van der Waals surface area contributed by atoms with Crippen LogP contribution in [0, 0.1) is 5.82 Å². The van der Waals surface area contributed by atoms with Gasteiger partial charge in [-0.2, -0.15) is 0 Å². The van der Waals surface area contributed by atoms with Gasteiger partial charge in [0.05, 0.1) is 0 Å². The lowest BCUT2D eigenvalue weighted by Crippen LogP contribution is -2.46. The zero-order chi connectivity index (χ0) is 11.1. The molecule has 0 radical (unpaired) electrons. The van der Waals surface area contributed by atoms with Crippen molar-refractivity contribution in [1.29, 1.82) is 0 Å². The normalized spacial score (nSPS) is 29.3. The molecule has 1 nitrogen and oxygen atoms in total. The minimum Gasteiger partial charge on any atom is -0.302 e.